The monoisotopic (exact) mass is 251 g/mol. The Hall–Kier alpha value is -1.66. The topological polar surface area (TPSA) is 50.8 Å². The summed E-state index contributed by atoms with van der Waals surface area (Å²) in [5.74, 6) is 0.116. The van der Waals surface area contributed by atoms with Crippen LogP contribution in [0.25, 0.3) is 11.5 Å². The first-order valence-corrected chi connectivity index (χ1v) is 5.31. The molecule has 0 unspecified atom stereocenters. The third-order valence-corrected chi connectivity index (χ3v) is 2.28. The summed E-state index contributed by atoms with van der Waals surface area (Å²) >= 11 is 5.04. The second-order valence-corrected chi connectivity index (χ2v) is 3.81. The van der Waals surface area contributed by atoms with E-state index in [2.05, 4.69) is 15.0 Å². The highest BCUT2D eigenvalue weighted by molar-refractivity contribution is 7.71. The van der Waals surface area contributed by atoms with Crippen LogP contribution in [0.2, 0.25) is 0 Å². The Labute approximate surface area is 103 Å². The molecule has 2 aromatic heterocycles. The lowest BCUT2D eigenvalue weighted by Gasteiger charge is -2.04. The van der Waals surface area contributed by atoms with Gasteiger partial charge < -0.3 is 9.72 Å². The predicted octanol–water partition coefficient (Wildman–Crippen LogP) is 2.49. The Morgan fingerprint density at radius 1 is 1.47 bits per heavy atom. The molecule has 0 aliphatic carbocycles. The second kappa shape index (κ2) is 5.11. The summed E-state index contributed by atoms with van der Waals surface area (Å²) in [5, 5.41) is 0. The van der Waals surface area contributed by atoms with Crippen molar-refractivity contribution in [2.75, 3.05) is 7.11 Å². The Balaban J connectivity index is 2.44. The summed E-state index contributed by atoms with van der Waals surface area (Å²) in [4.78, 5) is 11.1. The van der Waals surface area contributed by atoms with Gasteiger partial charge in [0.15, 0.2) is 5.82 Å². The molecule has 0 bridgehead atoms. The van der Waals surface area contributed by atoms with Crippen LogP contribution >= 0.6 is 12.2 Å². The zero-order chi connectivity index (χ0) is 12.3. The van der Waals surface area contributed by atoms with Crippen LogP contribution in [0.15, 0.2) is 24.4 Å². The molecule has 2 heterocycles. The average Bonchev–Trinajstić information content (AvgIpc) is 2.29. The number of halogens is 1. The van der Waals surface area contributed by atoms with Crippen molar-refractivity contribution < 1.29 is 9.13 Å². The van der Waals surface area contributed by atoms with Crippen molar-refractivity contribution in [1.82, 2.24) is 15.0 Å². The molecule has 0 spiro atoms. The van der Waals surface area contributed by atoms with Gasteiger partial charge in [-0.05, 0) is 18.2 Å². The van der Waals surface area contributed by atoms with Crippen LogP contribution in [-0.4, -0.2) is 22.1 Å². The van der Waals surface area contributed by atoms with Crippen molar-refractivity contribution in [2.45, 2.75) is 6.61 Å². The minimum atomic E-state index is -0.389. The molecule has 0 radical (unpaired) electrons. The highest BCUT2D eigenvalue weighted by Gasteiger charge is 2.04. The molecule has 2 rings (SSSR count). The normalized spacial score (nSPS) is 10.5. The fraction of sp³-hybridized carbons (Fsp3) is 0.182. The number of rotatable bonds is 3. The van der Waals surface area contributed by atoms with Crippen molar-refractivity contribution >= 4 is 12.2 Å². The first-order chi connectivity index (χ1) is 8.19. The lowest BCUT2D eigenvalue weighted by molar-refractivity contribution is 0.181. The van der Waals surface area contributed by atoms with Gasteiger partial charge >= 0.3 is 0 Å². The van der Waals surface area contributed by atoms with Gasteiger partial charge in [0.1, 0.15) is 16.2 Å². The zero-order valence-electron chi connectivity index (χ0n) is 9.11. The van der Waals surface area contributed by atoms with Crippen LogP contribution in [-0.2, 0) is 11.3 Å². The van der Waals surface area contributed by atoms with E-state index in [-0.39, 0.29) is 5.82 Å². The van der Waals surface area contributed by atoms with E-state index in [1.54, 1.807) is 19.2 Å². The van der Waals surface area contributed by atoms with Crippen molar-refractivity contribution in [2.24, 2.45) is 0 Å². The summed E-state index contributed by atoms with van der Waals surface area (Å²) in [7, 11) is 1.59. The van der Waals surface area contributed by atoms with E-state index in [1.807, 2.05) is 0 Å². The van der Waals surface area contributed by atoms with Crippen molar-refractivity contribution in [3.63, 3.8) is 0 Å². The molecule has 6 heteroatoms. The number of aromatic amines is 1. The molecule has 0 aliphatic heterocycles. The van der Waals surface area contributed by atoms with Crippen molar-refractivity contribution in [3.05, 3.63) is 40.5 Å². The van der Waals surface area contributed by atoms with Crippen LogP contribution in [0.5, 0.6) is 0 Å². The fourth-order valence-corrected chi connectivity index (χ4v) is 1.61. The van der Waals surface area contributed by atoms with Gasteiger partial charge in [-0.2, -0.15) is 0 Å². The average molecular weight is 251 g/mol. The molecule has 88 valence electrons. The van der Waals surface area contributed by atoms with Crippen molar-refractivity contribution in [3.8, 4) is 11.5 Å². The first kappa shape index (κ1) is 11.8. The highest BCUT2D eigenvalue weighted by atomic mass is 32.1. The van der Waals surface area contributed by atoms with Crippen LogP contribution in [0, 0.1) is 10.5 Å². The largest absolute Gasteiger partial charge is 0.378 e. The number of H-pyrrole nitrogens is 1. The molecule has 0 atom stereocenters. The summed E-state index contributed by atoms with van der Waals surface area (Å²) in [6.07, 6.45) is 1.14. The number of pyridine rings is 1. The fourth-order valence-electron chi connectivity index (χ4n) is 1.38. The lowest BCUT2D eigenvalue weighted by Crippen LogP contribution is -1.98. The lowest BCUT2D eigenvalue weighted by atomic mass is 10.3. The molecule has 0 aromatic carbocycles. The molecule has 2 aromatic rings. The Kier molecular flexibility index (Phi) is 3.55. The van der Waals surface area contributed by atoms with Crippen LogP contribution < -0.4 is 0 Å². The van der Waals surface area contributed by atoms with E-state index in [0.29, 0.717) is 22.8 Å². The number of nitrogens with zero attached hydrogens (tertiary/aromatic N) is 2. The molecule has 0 saturated heterocycles. The number of nitrogens with one attached hydrogen (secondary N) is 1. The van der Waals surface area contributed by atoms with Gasteiger partial charge in [-0.1, -0.05) is 12.2 Å². The summed E-state index contributed by atoms with van der Waals surface area (Å²) < 4.78 is 18.2. The summed E-state index contributed by atoms with van der Waals surface area (Å²) in [5.41, 5.74) is 1.34. The van der Waals surface area contributed by atoms with Gasteiger partial charge in [0.05, 0.1) is 12.8 Å². The Bertz CT molecular complexity index is 568. The van der Waals surface area contributed by atoms with Crippen molar-refractivity contribution in [1.29, 1.82) is 0 Å². The van der Waals surface area contributed by atoms with E-state index in [4.69, 9.17) is 17.0 Å². The van der Waals surface area contributed by atoms with Crippen LogP contribution in [0.1, 0.15) is 5.69 Å². The second-order valence-electron chi connectivity index (χ2n) is 3.39. The molecule has 0 aliphatic rings. The number of hydrogen-bond acceptors (Lipinski definition) is 4. The van der Waals surface area contributed by atoms with Gasteiger partial charge in [0, 0.05) is 12.8 Å². The van der Waals surface area contributed by atoms with Gasteiger partial charge in [0.2, 0.25) is 0 Å². The Morgan fingerprint density at radius 3 is 2.94 bits per heavy atom. The number of aromatic nitrogens is 3. The van der Waals surface area contributed by atoms with E-state index in [1.165, 1.54) is 6.07 Å². The quantitative estimate of drug-likeness (QED) is 0.851. The minimum Gasteiger partial charge on any atom is -0.378 e. The minimum absolute atomic E-state index is 0.389. The van der Waals surface area contributed by atoms with E-state index >= 15 is 0 Å². The van der Waals surface area contributed by atoms with Crippen LogP contribution in [0.3, 0.4) is 0 Å². The maximum atomic E-state index is 12.7. The maximum absolute atomic E-state index is 12.7. The number of ether oxygens (including phenoxy) is 1. The van der Waals surface area contributed by atoms with Gasteiger partial charge in [-0.3, -0.25) is 0 Å². The molecule has 0 amide bonds. The van der Waals surface area contributed by atoms with E-state index < -0.39 is 0 Å². The van der Waals surface area contributed by atoms with Gasteiger partial charge in [0.25, 0.3) is 0 Å². The number of methoxy groups -OCH3 is 1. The first-order valence-electron chi connectivity index (χ1n) is 4.90. The smallest absolute Gasteiger partial charge is 0.157 e. The molecular formula is C11H10FN3OS. The van der Waals surface area contributed by atoms with Gasteiger partial charge in [-0.25, -0.2) is 14.4 Å². The van der Waals surface area contributed by atoms with E-state index in [0.717, 1.165) is 11.9 Å². The SMILES string of the molecule is COCc1cc(=S)nc(-c2ccc(F)cn2)[nH]1. The standard InChI is InChI=1S/C11H10FN3OS/c1-16-6-8-4-10(17)15-11(14-8)9-3-2-7(12)5-13-9/h2-5H,6H2,1H3,(H,14,15,17). The summed E-state index contributed by atoms with van der Waals surface area (Å²) in [6, 6.07) is 4.58. The molecule has 4 nitrogen and oxygen atoms in total. The van der Waals surface area contributed by atoms with Gasteiger partial charge in [-0.15, -0.1) is 0 Å². The molecule has 1 N–H and O–H groups in total. The zero-order valence-corrected chi connectivity index (χ0v) is 9.92. The van der Waals surface area contributed by atoms with E-state index in [9.17, 15) is 4.39 Å². The molecule has 0 fully saturated rings. The molecular weight excluding hydrogens is 241 g/mol. The molecule has 0 saturated carbocycles. The third-order valence-electron chi connectivity index (χ3n) is 2.07. The summed E-state index contributed by atoms with van der Waals surface area (Å²) in [6.45, 7) is 0.403. The number of hydrogen-bond donors (Lipinski definition) is 1. The maximum Gasteiger partial charge on any atom is 0.157 e. The molecule has 17 heavy (non-hydrogen) atoms. The predicted molar refractivity (Wildman–Crippen MR) is 63.3 cm³/mol. The Morgan fingerprint density at radius 2 is 2.29 bits per heavy atom. The highest BCUT2D eigenvalue weighted by Crippen LogP contribution is 2.12. The third kappa shape index (κ3) is 2.92. The van der Waals surface area contributed by atoms with Crippen LogP contribution in [0.4, 0.5) is 4.39 Å².